The summed E-state index contributed by atoms with van der Waals surface area (Å²) < 4.78 is 5.24. The number of likely N-dealkylation sites (tertiary alicyclic amines) is 1. The molecule has 1 saturated heterocycles. The van der Waals surface area contributed by atoms with Crippen LogP contribution in [0.15, 0.2) is 35.7 Å². The van der Waals surface area contributed by atoms with Crippen LogP contribution in [-0.2, 0) is 9.53 Å². The van der Waals surface area contributed by atoms with Crippen LogP contribution >= 0.6 is 11.3 Å². The average molecular weight is 388 g/mol. The summed E-state index contributed by atoms with van der Waals surface area (Å²) in [4.78, 5) is 26.5. The average Bonchev–Trinajstić information content (AvgIpc) is 3.11. The lowest BCUT2D eigenvalue weighted by molar-refractivity contribution is -0.904. The molecule has 0 saturated carbocycles. The highest BCUT2D eigenvalue weighted by Crippen LogP contribution is 2.36. The molecule has 0 aliphatic carbocycles. The molecule has 1 aromatic heterocycles. The molecule has 1 aliphatic rings. The molecule has 1 fully saturated rings. The number of hydrogen-bond donors (Lipinski definition) is 2. The monoisotopic (exact) mass is 387 g/mol. The van der Waals surface area contributed by atoms with Crippen LogP contribution in [0, 0.1) is 0 Å². The van der Waals surface area contributed by atoms with Gasteiger partial charge in [0, 0.05) is 10.9 Å². The van der Waals surface area contributed by atoms with Crippen LogP contribution in [0.3, 0.4) is 0 Å². The number of esters is 1. The summed E-state index contributed by atoms with van der Waals surface area (Å²) in [7, 11) is 0. The fraction of sp³-hybridized carbons (Fsp3) is 0.429. The Morgan fingerprint density at radius 3 is 2.59 bits per heavy atom. The minimum atomic E-state index is -0.394. The molecule has 27 heavy (non-hydrogen) atoms. The highest BCUT2D eigenvalue weighted by atomic mass is 32.1. The van der Waals surface area contributed by atoms with Crippen molar-refractivity contribution in [1.82, 2.24) is 0 Å². The van der Waals surface area contributed by atoms with Gasteiger partial charge in [0.25, 0.3) is 0 Å². The Labute approximate surface area is 164 Å². The van der Waals surface area contributed by atoms with Gasteiger partial charge in [-0.3, -0.25) is 4.79 Å². The second-order valence-electron chi connectivity index (χ2n) is 6.80. The fourth-order valence-corrected chi connectivity index (χ4v) is 4.44. The number of hydrogen-bond acceptors (Lipinski definition) is 4. The van der Waals surface area contributed by atoms with Gasteiger partial charge in [-0.1, -0.05) is 30.3 Å². The molecule has 2 aromatic rings. The highest BCUT2D eigenvalue weighted by molar-refractivity contribution is 7.15. The van der Waals surface area contributed by atoms with Gasteiger partial charge in [0.15, 0.2) is 0 Å². The summed E-state index contributed by atoms with van der Waals surface area (Å²) in [6.45, 7) is 5.23. The lowest BCUT2D eigenvalue weighted by Gasteiger charge is -2.23. The number of thiophene rings is 1. The van der Waals surface area contributed by atoms with Gasteiger partial charge in [-0.15, -0.1) is 11.3 Å². The Morgan fingerprint density at radius 2 is 1.89 bits per heavy atom. The van der Waals surface area contributed by atoms with Crippen molar-refractivity contribution in [2.24, 2.45) is 0 Å². The Balaban J connectivity index is 1.73. The zero-order valence-corrected chi connectivity index (χ0v) is 16.6. The molecule has 5 nitrogen and oxygen atoms in total. The topological polar surface area (TPSA) is 59.8 Å². The van der Waals surface area contributed by atoms with Crippen molar-refractivity contribution in [3.8, 4) is 11.1 Å². The molecule has 0 radical (unpaired) electrons. The first-order valence-electron chi connectivity index (χ1n) is 9.66. The maximum absolute atomic E-state index is 12.5. The molecule has 0 atom stereocenters. The smallest absolute Gasteiger partial charge is 0.341 e. The van der Waals surface area contributed by atoms with Gasteiger partial charge in [0.1, 0.15) is 10.6 Å². The largest absolute Gasteiger partial charge is 0.462 e. The van der Waals surface area contributed by atoms with Gasteiger partial charge in [-0.2, -0.15) is 0 Å². The normalized spacial score (nSPS) is 14.7. The van der Waals surface area contributed by atoms with E-state index in [1.165, 1.54) is 35.5 Å². The number of ether oxygens (including phenoxy) is 1. The molecule has 0 unspecified atom stereocenters. The van der Waals surface area contributed by atoms with Crippen LogP contribution in [0.5, 0.6) is 0 Å². The molecule has 1 aromatic carbocycles. The third-order valence-corrected chi connectivity index (χ3v) is 5.77. The summed E-state index contributed by atoms with van der Waals surface area (Å²) in [5, 5.41) is 5.43. The first kappa shape index (κ1) is 19.6. The van der Waals surface area contributed by atoms with E-state index in [0.717, 1.165) is 30.8 Å². The number of anilines is 1. The van der Waals surface area contributed by atoms with Crippen LogP contribution in [0.2, 0.25) is 0 Å². The number of carbonyl (C=O) groups excluding carboxylic acids is 2. The van der Waals surface area contributed by atoms with Gasteiger partial charge in [0.2, 0.25) is 5.91 Å². The number of benzene rings is 1. The van der Waals surface area contributed by atoms with Gasteiger partial charge in [-0.25, -0.2) is 4.79 Å². The molecular weight excluding hydrogens is 360 g/mol. The van der Waals surface area contributed by atoms with Gasteiger partial charge >= 0.3 is 5.97 Å². The van der Waals surface area contributed by atoms with E-state index in [9.17, 15) is 9.59 Å². The Kier molecular flexibility index (Phi) is 7.01. The number of carbonyl (C=O) groups is 2. The van der Waals surface area contributed by atoms with Crippen LogP contribution in [-0.4, -0.2) is 38.1 Å². The number of amides is 1. The van der Waals surface area contributed by atoms with Crippen LogP contribution < -0.4 is 10.2 Å². The van der Waals surface area contributed by atoms with E-state index in [-0.39, 0.29) is 5.91 Å². The zero-order chi connectivity index (χ0) is 19.1. The number of piperidine rings is 1. The molecule has 1 amide bonds. The fourth-order valence-electron chi connectivity index (χ4n) is 3.47. The molecule has 144 valence electrons. The standard InChI is InChI=1S/C21H26N2O3S/c1-2-26-21(25)19-17(16-9-5-3-6-10-16)15-27-20(19)22-18(24)11-14-23-12-7-4-8-13-23/h3,5-6,9-10,15H,2,4,7-8,11-14H2,1H3,(H,22,24)/p+1. The molecule has 6 heteroatoms. The van der Waals surface area contributed by atoms with Crippen LogP contribution in [0.4, 0.5) is 5.00 Å². The van der Waals surface area contributed by atoms with Crippen LogP contribution in [0.25, 0.3) is 11.1 Å². The molecule has 0 bridgehead atoms. The lowest BCUT2D eigenvalue weighted by atomic mass is 10.0. The van der Waals surface area contributed by atoms with Crippen LogP contribution in [0.1, 0.15) is 43.0 Å². The summed E-state index contributed by atoms with van der Waals surface area (Å²) in [6, 6.07) is 9.71. The van der Waals surface area contributed by atoms with Gasteiger partial charge in [-0.05, 0) is 31.7 Å². The number of nitrogens with one attached hydrogen (secondary N) is 2. The van der Waals surface area contributed by atoms with Gasteiger partial charge < -0.3 is 15.0 Å². The summed E-state index contributed by atoms with van der Waals surface area (Å²) in [6.07, 6.45) is 4.26. The maximum Gasteiger partial charge on any atom is 0.341 e. The zero-order valence-electron chi connectivity index (χ0n) is 15.8. The second kappa shape index (κ2) is 9.67. The second-order valence-corrected chi connectivity index (χ2v) is 7.68. The van der Waals surface area contributed by atoms with Crippen molar-refractivity contribution in [3.63, 3.8) is 0 Å². The van der Waals surface area contributed by atoms with E-state index in [4.69, 9.17) is 4.74 Å². The molecule has 1 aliphatic heterocycles. The third kappa shape index (κ3) is 5.17. The van der Waals surface area contributed by atoms with Crippen molar-refractivity contribution in [2.75, 3.05) is 31.6 Å². The van der Waals surface area contributed by atoms with E-state index in [1.54, 1.807) is 6.92 Å². The van der Waals surface area contributed by atoms with Crippen molar-refractivity contribution in [2.45, 2.75) is 32.6 Å². The molecule has 0 spiro atoms. The van der Waals surface area contributed by atoms with E-state index < -0.39 is 5.97 Å². The minimum absolute atomic E-state index is 0.0416. The minimum Gasteiger partial charge on any atom is -0.462 e. The van der Waals surface area contributed by atoms with E-state index >= 15 is 0 Å². The predicted octanol–water partition coefficient (Wildman–Crippen LogP) is 2.99. The van der Waals surface area contributed by atoms with E-state index in [0.29, 0.717) is 23.6 Å². The van der Waals surface area contributed by atoms with Crippen molar-refractivity contribution in [3.05, 3.63) is 41.3 Å². The predicted molar refractivity (Wildman–Crippen MR) is 108 cm³/mol. The first-order chi connectivity index (χ1) is 13.2. The molecule has 2 heterocycles. The van der Waals surface area contributed by atoms with Crippen molar-refractivity contribution in [1.29, 1.82) is 0 Å². The molecular formula is C21H27N2O3S+. The Morgan fingerprint density at radius 1 is 1.15 bits per heavy atom. The summed E-state index contributed by atoms with van der Waals surface area (Å²) >= 11 is 1.38. The van der Waals surface area contributed by atoms with Crippen molar-refractivity contribution < 1.29 is 19.2 Å². The van der Waals surface area contributed by atoms with Crippen molar-refractivity contribution >= 4 is 28.2 Å². The Hall–Kier alpha value is -2.18. The summed E-state index contributed by atoms with van der Waals surface area (Å²) in [5.41, 5.74) is 2.19. The third-order valence-electron chi connectivity index (χ3n) is 4.87. The summed E-state index contributed by atoms with van der Waals surface area (Å²) in [5.74, 6) is -0.436. The maximum atomic E-state index is 12.5. The number of rotatable bonds is 7. The lowest BCUT2D eigenvalue weighted by Crippen LogP contribution is -3.12. The highest BCUT2D eigenvalue weighted by Gasteiger charge is 2.23. The molecule has 3 rings (SSSR count). The SMILES string of the molecule is CCOC(=O)c1c(-c2ccccc2)csc1NC(=O)CC[NH+]1CCCCC1. The van der Waals surface area contributed by atoms with Gasteiger partial charge in [0.05, 0.1) is 32.7 Å². The van der Waals surface area contributed by atoms with E-state index in [1.807, 2.05) is 35.7 Å². The van der Waals surface area contributed by atoms with E-state index in [2.05, 4.69) is 5.32 Å². The quantitative estimate of drug-likeness (QED) is 0.718. The molecule has 2 N–H and O–H groups in total. The number of quaternary nitrogens is 1. The Bertz CT molecular complexity index is 767. The first-order valence-corrected chi connectivity index (χ1v) is 10.5.